The van der Waals surface area contributed by atoms with Crippen molar-refractivity contribution in [3.63, 3.8) is 0 Å². The molecule has 31 heavy (non-hydrogen) atoms. The number of nitrogens with two attached hydrogens (primary N) is 1. The lowest BCUT2D eigenvalue weighted by Crippen LogP contribution is -2.18. The molecule has 162 valence electrons. The van der Waals surface area contributed by atoms with Crippen LogP contribution in [0.3, 0.4) is 0 Å². The van der Waals surface area contributed by atoms with Crippen molar-refractivity contribution in [3.05, 3.63) is 70.5 Å². The first kappa shape index (κ1) is 21.9. The molecule has 0 aliphatic rings. The number of methoxy groups -OCH3 is 1. The minimum absolute atomic E-state index is 0.0159. The Labute approximate surface area is 181 Å². The summed E-state index contributed by atoms with van der Waals surface area (Å²) in [5.74, 6) is 0.280. The van der Waals surface area contributed by atoms with Crippen LogP contribution < -0.4 is 20.5 Å². The lowest BCUT2D eigenvalue weighted by Gasteiger charge is -2.14. The van der Waals surface area contributed by atoms with Gasteiger partial charge in [0.2, 0.25) is 0 Å². The van der Waals surface area contributed by atoms with Gasteiger partial charge in [-0.1, -0.05) is 12.1 Å². The Morgan fingerprint density at radius 3 is 2.58 bits per heavy atom. The van der Waals surface area contributed by atoms with E-state index in [-0.39, 0.29) is 18.0 Å². The Kier molecular flexibility index (Phi) is 6.59. The second kappa shape index (κ2) is 9.34. The molecule has 0 saturated heterocycles. The molecule has 3 aromatic rings. The van der Waals surface area contributed by atoms with Crippen molar-refractivity contribution in [3.8, 4) is 11.5 Å². The summed E-state index contributed by atoms with van der Waals surface area (Å²) in [6.45, 7) is 6.62. The maximum absolute atomic E-state index is 12.8. The van der Waals surface area contributed by atoms with Gasteiger partial charge in [-0.2, -0.15) is 5.10 Å². The molecule has 3 N–H and O–H groups in total. The van der Waals surface area contributed by atoms with Gasteiger partial charge in [0, 0.05) is 23.9 Å². The molecule has 0 aliphatic heterocycles. The summed E-state index contributed by atoms with van der Waals surface area (Å²) in [6, 6.07) is 11.0. The number of nitrogens with zero attached hydrogens (tertiary/aromatic N) is 2. The topological polar surface area (TPSA) is 108 Å². The summed E-state index contributed by atoms with van der Waals surface area (Å²) in [5, 5.41) is 6.80. The van der Waals surface area contributed by atoms with Crippen LogP contribution in [0.2, 0.25) is 0 Å². The molecule has 0 radical (unpaired) electrons. The highest BCUT2D eigenvalue weighted by Gasteiger charge is 2.18. The van der Waals surface area contributed by atoms with E-state index in [1.807, 2.05) is 39.0 Å². The predicted octanol–water partition coefficient (Wildman–Crippen LogP) is 3.46. The summed E-state index contributed by atoms with van der Waals surface area (Å²) >= 11 is 0. The van der Waals surface area contributed by atoms with Crippen LogP contribution in [0.1, 0.15) is 44.5 Å². The smallest absolute Gasteiger partial charge is 0.271 e. The van der Waals surface area contributed by atoms with Crippen LogP contribution in [0, 0.1) is 13.8 Å². The van der Waals surface area contributed by atoms with Gasteiger partial charge in [-0.25, -0.2) is 0 Å². The van der Waals surface area contributed by atoms with Crippen molar-refractivity contribution in [1.82, 2.24) is 9.78 Å². The third-order valence-electron chi connectivity index (χ3n) is 4.84. The van der Waals surface area contributed by atoms with Crippen LogP contribution in [-0.4, -0.2) is 28.7 Å². The highest BCUT2D eigenvalue weighted by molar-refractivity contribution is 6.08. The lowest BCUT2D eigenvalue weighted by atomic mass is 10.1. The van der Waals surface area contributed by atoms with Gasteiger partial charge in [0.25, 0.3) is 11.8 Å². The van der Waals surface area contributed by atoms with Crippen molar-refractivity contribution >= 4 is 17.5 Å². The van der Waals surface area contributed by atoms with Crippen LogP contribution in [0.5, 0.6) is 11.5 Å². The maximum atomic E-state index is 12.8. The number of carbonyl (C=O) groups is 2. The fraction of sp³-hybridized carbons (Fsp3) is 0.261. The van der Waals surface area contributed by atoms with E-state index in [0.29, 0.717) is 17.9 Å². The molecule has 3 rings (SSSR count). The van der Waals surface area contributed by atoms with Gasteiger partial charge in [0.15, 0.2) is 5.69 Å². The number of primary amides is 1. The zero-order valence-electron chi connectivity index (χ0n) is 18.1. The van der Waals surface area contributed by atoms with Gasteiger partial charge in [-0.05, 0) is 56.2 Å². The van der Waals surface area contributed by atoms with Gasteiger partial charge >= 0.3 is 0 Å². The van der Waals surface area contributed by atoms with E-state index in [0.717, 1.165) is 22.4 Å². The molecule has 0 bridgehead atoms. The molecular formula is C23H26N4O4. The van der Waals surface area contributed by atoms with Crippen molar-refractivity contribution in [2.75, 3.05) is 12.4 Å². The first-order valence-corrected chi connectivity index (χ1v) is 9.88. The van der Waals surface area contributed by atoms with Crippen LogP contribution in [0.4, 0.5) is 5.69 Å². The summed E-state index contributed by atoms with van der Waals surface area (Å²) < 4.78 is 12.9. The number of amides is 2. The highest BCUT2D eigenvalue weighted by Crippen LogP contribution is 2.25. The van der Waals surface area contributed by atoms with E-state index >= 15 is 0 Å². The average molecular weight is 422 g/mol. The lowest BCUT2D eigenvalue weighted by molar-refractivity contribution is 0.0995. The number of rotatable bonds is 8. The van der Waals surface area contributed by atoms with Crippen molar-refractivity contribution in [2.45, 2.75) is 33.9 Å². The monoisotopic (exact) mass is 422 g/mol. The normalized spacial score (nSPS) is 10.6. The molecule has 1 aromatic heterocycles. The molecule has 2 amide bonds. The third-order valence-corrected chi connectivity index (χ3v) is 4.84. The van der Waals surface area contributed by atoms with E-state index < -0.39 is 11.8 Å². The molecule has 8 heteroatoms. The van der Waals surface area contributed by atoms with Crippen LogP contribution in [0.15, 0.2) is 42.6 Å². The molecular weight excluding hydrogens is 396 g/mol. The highest BCUT2D eigenvalue weighted by atomic mass is 16.5. The summed E-state index contributed by atoms with van der Waals surface area (Å²) in [5.41, 5.74) is 8.88. The molecule has 0 aliphatic carbocycles. The fourth-order valence-corrected chi connectivity index (χ4v) is 3.10. The predicted molar refractivity (Wildman–Crippen MR) is 118 cm³/mol. The minimum atomic E-state index is -0.708. The zero-order valence-corrected chi connectivity index (χ0v) is 18.1. The number of aryl methyl sites for hydroxylation is 3. The number of benzene rings is 2. The fourth-order valence-electron chi connectivity index (χ4n) is 3.10. The first-order chi connectivity index (χ1) is 14.8. The van der Waals surface area contributed by atoms with Gasteiger partial charge in [0.05, 0.1) is 12.8 Å². The Hall–Kier alpha value is -3.81. The standard InChI is InChI=1S/C23H26N4O4/c1-5-27-12-18(21(26-27)22(24)28)25-23(29)16-8-9-19(30-4)17(11-16)13-31-20-10-14(2)6-7-15(20)3/h6-12H,5,13H2,1-4H3,(H2,24,28)(H,25,29). The van der Waals surface area contributed by atoms with Gasteiger partial charge in [-0.15, -0.1) is 0 Å². The van der Waals surface area contributed by atoms with Crippen molar-refractivity contribution < 1.29 is 19.1 Å². The molecule has 8 nitrogen and oxygen atoms in total. The molecule has 0 saturated carbocycles. The van der Waals surface area contributed by atoms with E-state index in [9.17, 15) is 9.59 Å². The molecule has 0 spiro atoms. The number of carbonyl (C=O) groups excluding carboxylic acids is 2. The Morgan fingerprint density at radius 1 is 1.13 bits per heavy atom. The number of hydrogen-bond donors (Lipinski definition) is 2. The second-order valence-corrected chi connectivity index (χ2v) is 7.15. The van der Waals surface area contributed by atoms with E-state index in [4.69, 9.17) is 15.2 Å². The molecule has 2 aromatic carbocycles. The molecule has 0 fully saturated rings. The van der Waals surface area contributed by atoms with Crippen LogP contribution in [-0.2, 0) is 13.2 Å². The molecule has 1 heterocycles. The number of hydrogen-bond acceptors (Lipinski definition) is 5. The first-order valence-electron chi connectivity index (χ1n) is 9.88. The number of aromatic nitrogens is 2. The quantitative estimate of drug-likeness (QED) is 0.578. The maximum Gasteiger partial charge on any atom is 0.271 e. The number of nitrogens with one attached hydrogen (secondary N) is 1. The minimum Gasteiger partial charge on any atom is -0.496 e. The van der Waals surface area contributed by atoms with Gasteiger partial charge < -0.3 is 20.5 Å². The summed E-state index contributed by atoms with van der Waals surface area (Å²) in [4.78, 5) is 24.5. The molecule has 0 atom stereocenters. The van der Waals surface area contributed by atoms with Gasteiger partial charge in [-0.3, -0.25) is 14.3 Å². The van der Waals surface area contributed by atoms with Crippen molar-refractivity contribution in [1.29, 1.82) is 0 Å². The van der Waals surface area contributed by atoms with Crippen LogP contribution >= 0.6 is 0 Å². The molecule has 0 unspecified atom stereocenters. The van der Waals surface area contributed by atoms with E-state index in [1.54, 1.807) is 31.5 Å². The SMILES string of the molecule is CCn1cc(NC(=O)c2ccc(OC)c(COc3cc(C)ccc3C)c2)c(C(N)=O)n1. The Morgan fingerprint density at radius 2 is 1.90 bits per heavy atom. The number of ether oxygens (including phenoxy) is 2. The second-order valence-electron chi connectivity index (χ2n) is 7.15. The van der Waals surface area contributed by atoms with E-state index in [1.165, 1.54) is 4.68 Å². The number of anilines is 1. The Balaban J connectivity index is 1.83. The summed E-state index contributed by atoms with van der Waals surface area (Å²) in [6.07, 6.45) is 1.58. The average Bonchev–Trinajstić information content (AvgIpc) is 3.17. The summed E-state index contributed by atoms with van der Waals surface area (Å²) in [7, 11) is 1.56. The van der Waals surface area contributed by atoms with Crippen molar-refractivity contribution in [2.24, 2.45) is 5.73 Å². The Bertz CT molecular complexity index is 1120. The third kappa shape index (κ3) is 5.03. The largest absolute Gasteiger partial charge is 0.496 e. The van der Waals surface area contributed by atoms with Crippen LogP contribution in [0.25, 0.3) is 0 Å². The van der Waals surface area contributed by atoms with Gasteiger partial charge in [0.1, 0.15) is 18.1 Å². The zero-order chi connectivity index (χ0) is 22.5. The van der Waals surface area contributed by atoms with E-state index in [2.05, 4.69) is 10.4 Å².